The Labute approximate surface area is 423 Å². The van der Waals surface area contributed by atoms with Gasteiger partial charge in [-0.25, -0.2) is 0 Å². The van der Waals surface area contributed by atoms with Crippen molar-refractivity contribution >= 4 is 5.97 Å². The van der Waals surface area contributed by atoms with Crippen LogP contribution in [0, 0.1) is 0 Å². The molecule has 0 aromatic carbocycles. The third-order valence-electron chi connectivity index (χ3n) is 12.9. The molecule has 0 bridgehead atoms. The van der Waals surface area contributed by atoms with E-state index in [4.69, 9.17) is 18.9 Å². The predicted molar refractivity (Wildman–Crippen MR) is 288 cm³/mol. The van der Waals surface area contributed by atoms with Crippen molar-refractivity contribution in [2.75, 3.05) is 26.4 Å². The minimum atomic E-state index is -1.54. The number of hydrogen-bond donors (Lipinski definition) is 4. The average molecular weight is 971 g/mol. The second-order valence-corrected chi connectivity index (χ2v) is 19.4. The van der Waals surface area contributed by atoms with Crippen LogP contribution in [-0.4, -0.2) is 89.6 Å². The molecule has 0 aliphatic carbocycles. The van der Waals surface area contributed by atoms with Gasteiger partial charge in [0.15, 0.2) is 6.29 Å². The Morgan fingerprint density at radius 3 is 1.33 bits per heavy atom. The highest BCUT2D eigenvalue weighted by atomic mass is 16.7. The summed E-state index contributed by atoms with van der Waals surface area (Å²) in [5.41, 5.74) is 0. The van der Waals surface area contributed by atoms with E-state index < -0.39 is 43.4 Å². The molecule has 0 spiro atoms. The third kappa shape index (κ3) is 40.9. The van der Waals surface area contributed by atoms with E-state index >= 15 is 0 Å². The number of ether oxygens (including phenoxy) is 4. The van der Waals surface area contributed by atoms with Crippen LogP contribution in [0.15, 0.2) is 72.9 Å². The van der Waals surface area contributed by atoms with Crippen molar-refractivity contribution in [2.45, 2.75) is 275 Å². The third-order valence-corrected chi connectivity index (χ3v) is 12.9. The van der Waals surface area contributed by atoms with Crippen molar-refractivity contribution in [2.24, 2.45) is 0 Å². The van der Waals surface area contributed by atoms with Crippen LogP contribution in [-0.2, 0) is 23.7 Å². The summed E-state index contributed by atoms with van der Waals surface area (Å²) < 4.78 is 23.0. The zero-order valence-electron chi connectivity index (χ0n) is 44.3. The second kappa shape index (κ2) is 50.6. The molecule has 0 saturated carbocycles. The van der Waals surface area contributed by atoms with E-state index in [-0.39, 0.29) is 19.2 Å². The highest BCUT2D eigenvalue weighted by molar-refractivity contribution is 5.69. The van der Waals surface area contributed by atoms with E-state index in [1.807, 2.05) is 0 Å². The summed E-state index contributed by atoms with van der Waals surface area (Å²) in [4.78, 5) is 12.9. The Balaban J connectivity index is 2.18. The molecule has 1 fully saturated rings. The van der Waals surface area contributed by atoms with Gasteiger partial charge in [-0.1, -0.05) is 241 Å². The standard InChI is InChI=1S/C60H106O9/c1-3-5-7-9-11-13-15-17-19-21-23-25-26-27-28-29-31-33-35-37-39-41-43-45-47-49-56(62)68-54(53-67-60-59(65)58(64)57(63)55(51-61)69-60)52-66-50-48-46-44-42-40-38-36-34-32-30-24-22-20-18-16-14-12-10-8-6-4-2/h5,7,11,13,17,19,23,25,27-28,31,33,54-55,57-61,63-65H,3-4,6,8-10,12,14-16,18,20-22,24,26,29-30,32,34-53H2,1-2H3/b7-5-,13-11-,19-17-,25-23-,28-27-,33-31-. The molecule has 0 aromatic rings. The van der Waals surface area contributed by atoms with Gasteiger partial charge >= 0.3 is 5.97 Å². The van der Waals surface area contributed by atoms with Gasteiger partial charge in [-0.05, 0) is 64.2 Å². The number of carbonyl (C=O) groups is 1. The molecule has 9 heteroatoms. The minimum Gasteiger partial charge on any atom is -0.457 e. The summed E-state index contributed by atoms with van der Waals surface area (Å²) in [7, 11) is 0. The molecule has 0 amide bonds. The average Bonchev–Trinajstić information content (AvgIpc) is 3.35. The van der Waals surface area contributed by atoms with Crippen molar-refractivity contribution in [3.63, 3.8) is 0 Å². The van der Waals surface area contributed by atoms with Crippen molar-refractivity contribution in [3.8, 4) is 0 Å². The van der Waals surface area contributed by atoms with Crippen molar-refractivity contribution < 1.29 is 44.2 Å². The highest BCUT2D eigenvalue weighted by Gasteiger charge is 2.44. The molecule has 1 saturated heterocycles. The highest BCUT2D eigenvalue weighted by Crippen LogP contribution is 2.23. The first-order chi connectivity index (χ1) is 33.9. The Morgan fingerprint density at radius 1 is 0.478 bits per heavy atom. The molecular weight excluding hydrogens is 865 g/mol. The van der Waals surface area contributed by atoms with Crippen molar-refractivity contribution in [1.82, 2.24) is 0 Å². The number of hydrogen-bond acceptors (Lipinski definition) is 9. The summed E-state index contributed by atoms with van der Waals surface area (Å²) in [6, 6.07) is 0. The summed E-state index contributed by atoms with van der Waals surface area (Å²) >= 11 is 0. The van der Waals surface area contributed by atoms with Crippen molar-refractivity contribution in [1.29, 1.82) is 0 Å². The van der Waals surface area contributed by atoms with Crippen LogP contribution < -0.4 is 0 Å². The van der Waals surface area contributed by atoms with E-state index in [0.29, 0.717) is 13.0 Å². The molecule has 4 N–H and O–H groups in total. The van der Waals surface area contributed by atoms with E-state index in [2.05, 4.69) is 86.8 Å². The normalized spacial score (nSPS) is 19.5. The molecule has 0 aromatic heterocycles. The van der Waals surface area contributed by atoms with E-state index in [9.17, 15) is 25.2 Å². The fourth-order valence-corrected chi connectivity index (χ4v) is 8.50. The molecule has 1 aliphatic rings. The van der Waals surface area contributed by atoms with Gasteiger partial charge < -0.3 is 39.4 Å². The monoisotopic (exact) mass is 971 g/mol. The van der Waals surface area contributed by atoms with E-state index in [0.717, 1.165) is 83.5 Å². The predicted octanol–water partition coefficient (Wildman–Crippen LogP) is 14.8. The van der Waals surface area contributed by atoms with Crippen LogP contribution >= 0.6 is 0 Å². The Hall–Kier alpha value is -2.37. The lowest BCUT2D eigenvalue weighted by atomic mass is 9.99. The minimum absolute atomic E-state index is 0.121. The Bertz CT molecular complexity index is 1290. The number of aliphatic hydroxyl groups is 4. The van der Waals surface area contributed by atoms with Gasteiger partial charge in [0.25, 0.3) is 0 Å². The maximum absolute atomic E-state index is 12.9. The quantitative estimate of drug-likeness (QED) is 0.0267. The molecule has 69 heavy (non-hydrogen) atoms. The molecule has 9 nitrogen and oxygen atoms in total. The lowest BCUT2D eigenvalue weighted by Crippen LogP contribution is -2.59. The summed E-state index contributed by atoms with van der Waals surface area (Å²) in [6.07, 6.45) is 60.8. The lowest BCUT2D eigenvalue weighted by Gasteiger charge is -2.39. The molecular formula is C60H106O9. The second-order valence-electron chi connectivity index (χ2n) is 19.4. The van der Waals surface area contributed by atoms with E-state index in [1.54, 1.807) is 0 Å². The van der Waals surface area contributed by atoms with Gasteiger partial charge in [-0.2, -0.15) is 0 Å². The van der Waals surface area contributed by atoms with Gasteiger partial charge in [0.05, 0.1) is 19.8 Å². The molecule has 1 heterocycles. The number of unbranched alkanes of at least 4 members (excludes halogenated alkanes) is 26. The molecule has 6 unspecified atom stereocenters. The van der Waals surface area contributed by atoms with Gasteiger partial charge in [-0.3, -0.25) is 4.79 Å². The van der Waals surface area contributed by atoms with Crippen LogP contribution in [0.3, 0.4) is 0 Å². The van der Waals surface area contributed by atoms with Crippen LogP contribution in [0.2, 0.25) is 0 Å². The molecule has 1 aliphatic heterocycles. The van der Waals surface area contributed by atoms with Gasteiger partial charge in [0.2, 0.25) is 0 Å². The number of carbonyl (C=O) groups excluding carboxylic acids is 1. The molecule has 6 atom stereocenters. The molecule has 0 radical (unpaired) electrons. The number of allylic oxidation sites excluding steroid dienone is 12. The van der Waals surface area contributed by atoms with Crippen LogP contribution in [0.4, 0.5) is 0 Å². The Morgan fingerprint density at radius 2 is 0.884 bits per heavy atom. The number of aliphatic hydroxyl groups excluding tert-OH is 4. The lowest BCUT2D eigenvalue weighted by molar-refractivity contribution is -0.305. The van der Waals surface area contributed by atoms with E-state index in [1.165, 1.54) is 135 Å². The van der Waals surface area contributed by atoms with Gasteiger partial charge in [-0.15, -0.1) is 0 Å². The summed E-state index contributed by atoms with van der Waals surface area (Å²) in [5, 5.41) is 40.3. The first kappa shape index (κ1) is 64.6. The Kier molecular flexibility index (Phi) is 47.4. The number of esters is 1. The van der Waals surface area contributed by atoms with Gasteiger partial charge in [0.1, 0.15) is 30.5 Å². The van der Waals surface area contributed by atoms with Crippen LogP contribution in [0.5, 0.6) is 0 Å². The molecule has 400 valence electrons. The summed E-state index contributed by atoms with van der Waals surface area (Å²) in [5.74, 6) is -0.326. The zero-order chi connectivity index (χ0) is 49.9. The zero-order valence-corrected chi connectivity index (χ0v) is 44.3. The number of rotatable bonds is 49. The maximum atomic E-state index is 12.9. The van der Waals surface area contributed by atoms with Crippen LogP contribution in [0.25, 0.3) is 0 Å². The van der Waals surface area contributed by atoms with Crippen molar-refractivity contribution in [3.05, 3.63) is 72.9 Å². The SMILES string of the molecule is CC/C=C\C/C=C\C/C=C\C/C=C\C/C=C\C/C=C\CCCCCCCCC(=O)OC(COCCCCCCCCCCCCCCCCCCCCCCC)COC1OC(CO)C(O)C(O)C1O. The first-order valence-electron chi connectivity index (χ1n) is 28.5. The maximum Gasteiger partial charge on any atom is 0.306 e. The summed E-state index contributed by atoms with van der Waals surface area (Å²) in [6.45, 7) is 4.46. The first-order valence-corrected chi connectivity index (χ1v) is 28.5. The van der Waals surface area contributed by atoms with Crippen LogP contribution in [0.1, 0.15) is 239 Å². The largest absolute Gasteiger partial charge is 0.457 e. The smallest absolute Gasteiger partial charge is 0.306 e. The fraction of sp³-hybridized carbons (Fsp3) is 0.783. The van der Waals surface area contributed by atoms with Gasteiger partial charge in [0, 0.05) is 13.0 Å². The fourth-order valence-electron chi connectivity index (χ4n) is 8.50. The topological polar surface area (TPSA) is 135 Å². The molecule has 1 rings (SSSR count).